The highest BCUT2D eigenvalue weighted by atomic mass is 19.1. The van der Waals surface area contributed by atoms with E-state index in [2.05, 4.69) is 10.3 Å². The summed E-state index contributed by atoms with van der Waals surface area (Å²) >= 11 is 0. The maximum atomic E-state index is 13.0. The second-order valence-corrected chi connectivity index (χ2v) is 6.52. The molecule has 1 amide bonds. The number of furan rings is 1. The standard InChI is InChI=1S/C20H17FN4O3/c21-14-3-5-15(6-4-14)23-18(26)13-7-9-25(10-8-13)20-16(12-22)24-19(28-20)17-2-1-11-27-17/h1-6,11,13H,7-10H2,(H,23,26). The molecule has 0 saturated carbocycles. The summed E-state index contributed by atoms with van der Waals surface area (Å²) in [6.07, 6.45) is 2.72. The number of halogens is 1. The van der Waals surface area contributed by atoms with Crippen molar-refractivity contribution in [2.24, 2.45) is 5.92 Å². The summed E-state index contributed by atoms with van der Waals surface area (Å²) < 4.78 is 24.0. The van der Waals surface area contributed by atoms with E-state index in [4.69, 9.17) is 8.83 Å². The number of nitrogens with zero attached hydrogens (tertiary/aromatic N) is 3. The molecule has 3 aromatic rings. The maximum absolute atomic E-state index is 13.0. The number of hydrogen-bond donors (Lipinski definition) is 1. The van der Waals surface area contributed by atoms with Gasteiger partial charge in [-0.25, -0.2) is 4.39 Å². The third-order valence-corrected chi connectivity index (χ3v) is 4.71. The Bertz CT molecular complexity index is 997. The molecular weight excluding hydrogens is 363 g/mol. The summed E-state index contributed by atoms with van der Waals surface area (Å²) in [6.45, 7) is 1.12. The van der Waals surface area contributed by atoms with Crippen LogP contribution in [0, 0.1) is 23.1 Å². The van der Waals surface area contributed by atoms with Crippen LogP contribution in [0.15, 0.2) is 51.5 Å². The average Bonchev–Trinajstić information content (AvgIpc) is 3.39. The second kappa shape index (κ2) is 7.56. The number of benzene rings is 1. The molecule has 8 heteroatoms. The molecule has 1 aromatic carbocycles. The van der Waals surface area contributed by atoms with Gasteiger partial charge in [-0.05, 0) is 49.2 Å². The van der Waals surface area contributed by atoms with Crippen molar-refractivity contribution in [2.75, 3.05) is 23.3 Å². The van der Waals surface area contributed by atoms with Crippen LogP contribution in [-0.4, -0.2) is 24.0 Å². The van der Waals surface area contributed by atoms with Gasteiger partial charge in [-0.3, -0.25) is 4.79 Å². The lowest BCUT2D eigenvalue weighted by atomic mass is 9.96. The van der Waals surface area contributed by atoms with Crippen molar-refractivity contribution >= 4 is 17.5 Å². The Hall–Kier alpha value is -3.60. The molecule has 28 heavy (non-hydrogen) atoms. The highest BCUT2D eigenvalue weighted by Gasteiger charge is 2.29. The van der Waals surface area contributed by atoms with Gasteiger partial charge in [0.25, 0.3) is 5.89 Å². The molecule has 0 unspecified atom stereocenters. The zero-order valence-corrected chi connectivity index (χ0v) is 14.9. The first-order valence-electron chi connectivity index (χ1n) is 8.90. The molecule has 0 spiro atoms. The van der Waals surface area contributed by atoms with Gasteiger partial charge in [0.1, 0.15) is 11.9 Å². The van der Waals surface area contributed by atoms with Crippen LogP contribution in [0.3, 0.4) is 0 Å². The van der Waals surface area contributed by atoms with Gasteiger partial charge >= 0.3 is 0 Å². The van der Waals surface area contributed by atoms with Crippen LogP contribution >= 0.6 is 0 Å². The molecular formula is C20H17FN4O3. The third-order valence-electron chi connectivity index (χ3n) is 4.71. The van der Waals surface area contributed by atoms with Gasteiger partial charge in [0.05, 0.1) is 6.26 Å². The molecule has 3 heterocycles. The number of oxazole rings is 1. The van der Waals surface area contributed by atoms with E-state index >= 15 is 0 Å². The topological polar surface area (TPSA) is 95.3 Å². The SMILES string of the molecule is N#Cc1nc(-c2ccco2)oc1N1CCC(C(=O)Nc2ccc(F)cc2)CC1. The Morgan fingerprint density at radius 2 is 2.00 bits per heavy atom. The van der Waals surface area contributed by atoms with Gasteiger partial charge in [-0.15, -0.1) is 0 Å². The number of rotatable bonds is 4. The quantitative estimate of drug-likeness (QED) is 0.740. The molecule has 1 fully saturated rings. The Kier molecular flexibility index (Phi) is 4.81. The smallest absolute Gasteiger partial charge is 0.266 e. The lowest BCUT2D eigenvalue weighted by Crippen LogP contribution is -2.38. The molecule has 0 radical (unpaired) electrons. The summed E-state index contributed by atoms with van der Waals surface area (Å²) in [5.74, 6) is 0.496. The number of carbonyl (C=O) groups excluding carboxylic acids is 1. The zero-order chi connectivity index (χ0) is 19.5. The van der Waals surface area contributed by atoms with E-state index in [1.165, 1.54) is 30.5 Å². The molecule has 0 bridgehead atoms. The summed E-state index contributed by atoms with van der Waals surface area (Å²) in [5, 5.41) is 12.2. The summed E-state index contributed by atoms with van der Waals surface area (Å²) in [7, 11) is 0. The van der Waals surface area contributed by atoms with Gasteiger partial charge in [0, 0.05) is 24.7 Å². The van der Waals surface area contributed by atoms with Crippen molar-refractivity contribution in [3.05, 3.63) is 54.2 Å². The number of aromatic nitrogens is 1. The van der Waals surface area contributed by atoms with Gasteiger partial charge < -0.3 is 19.1 Å². The third kappa shape index (κ3) is 3.60. The molecule has 4 rings (SSSR count). The Morgan fingerprint density at radius 1 is 1.25 bits per heavy atom. The van der Waals surface area contributed by atoms with Crippen LogP contribution in [0.25, 0.3) is 11.7 Å². The summed E-state index contributed by atoms with van der Waals surface area (Å²) in [4.78, 5) is 18.6. The van der Waals surface area contributed by atoms with Gasteiger partial charge in [0.2, 0.25) is 17.5 Å². The summed E-state index contributed by atoms with van der Waals surface area (Å²) in [6, 6.07) is 11.2. The van der Waals surface area contributed by atoms with Crippen molar-refractivity contribution in [1.82, 2.24) is 4.98 Å². The van der Waals surface area contributed by atoms with Crippen LogP contribution in [0.4, 0.5) is 16.0 Å². The fourth-order valence-corrected chi connectivity index (χ4v) is 3.23. The van der Waals surface area contributed by atoms with E-state index in [0.29, 0.717) is 43.3 Å². The van der Waals surface area contributed by atoms with Crippen LogP contribution in [0.5, 0.6) is 0 Å². The molecule has 2 aromatic heterocycles. The predicted molar refractivity (Wildman–Crippen MR) is 98.9 cm³/mol. The first-order valence-corrected chi connectivity index (χ1v) is 8.90. The predicted octanol–water partition coefficient (Wildman–Crippen LogP) is 3.80. The molecule has 7 nitrogen and oxygen atoms in total. The fourth-order valence-electron chi connectivity index (χ4n) is 3.23. The second-order valence-electron chi connectivity index (χ2n) is 6.52. The lowest BCUT2D eigenvalue weighted by Gasteiger charge is -2.30. The molecule has 1 aliphatic heterocycles. The number of nitrogens with one attached hydrogen (secondary N) is 1. The number of piperidine rings is 1. The normalized spacial score (nSPS) is 14.6. The van der Waals surface area contributed by atoms with Crippen molar-refractivity contribution in [3.8, 4) is 17.7 Å². The largest absolute Gasteiger partial charge is 0.459 e. The van der Waals surface area contributed by atoms with E-state index in [1.54, 1.807) is 12.1 Å². The molecule has 1 aliphatic rings. The highest BCUT2D eigenvalue weighted by molar-refractivity contribution is 5.92. The van der Waals surface area contributed by atoms with Crippen molar-refractivity contribution in [1.29, 1.82) is 5.26 Å². The van der Waals surface area contributed by atoms with Crippen LogP contribution in [0.1, 0.15) is 18.5 Å². The molecule has 1 N–H and O–H groups in total. The Balaban J connectivity index is 1.41. The number of nitriles is 1. The van der Waals surface area contributed by atoms with Crippen molar-refractivity contribution in [3.63, 3.8) is 0 Å². The van der Waals surface area contributed by atoms with Crippen molar-refractivity contribution in [2.45, 2.75) is 12.8 Å². The van der Waals surface area contributed by atoms with E-state index < -0.39 is 0 Å². The minimum absolute atomic E-state index is 0.0967. The molecule has 1 saturated heterocycles. The minimum Gasteiger partial charge on any atom is -0.459 e. The monoisotopic (exact) mass is 380 g/mol. The van der Waals surface area contributed by atoms with Gasteiger partial charge in [0.15, 0.2) is 5.76 Å². The number of hydrogen-bond acceptors (Lipinski definition) is 6. The van der Waals surface area contributed by atoms with Crippen molar-refractivity contribution < 1.29 is 18.0 Å². The van der Waals surface area contributed by atoms with Crippen LogP contribution in [-0.2, 0) is 4.79 Å². The molecule has 0 aliphatic carbocycles. The minimum atomic E-state index is -0.347. The van der Waals surface area contributed by atoms with E-state index in [-0.39, 0.29) is 29.2 Å². The Morgan fingerprint density at radius 3 is 2.64 bits per heavy atom. The maximum Gasteiger partial charge on any atom is 0.266 e. The summed E-state index contributed by atoms with van der Waals surface area (Å²) in [5.41, 5.74) is 0.763. The first-order chi connectivity index (χ1) is 13.6. The molecule has 0 atom stereocenters. The van der Waals surface area contributed by atoms with E-state index in [1.807, 2.05) is 11.0 Å². The first kappa shape index (κ1) is 17.8. The fraction of sp³-hybridized carbons (Fsp3) is 0.250. The zero-order valence-electron chi connectivity index (χ0n) is 14.9. The highest BCUT2D eigenvalue weighted by Crippen LogP contribution is 2.31. The van der Waals surface area contributed by atoms with Gasteiger partial charge in [-0.1, -0.05) is 0 Å². The lowest BCUT2D eigenvalue weighted by molar-refractivity contribution is -0.120. The van der Waals surface area contributed by atoms with E-state index in [0.717, 1.165) is 0 Å². The average molecular weight is 380 g/mol. The van der Waals surface area contributed by atoms with E-state index in [9.17, 15) is 14.4 Å². The van der Waals surface area contributed by atoms with Gasteiger partial charge in [-0.2, -0.15) is 10.2 Å². The number of anilines is 2. The van der Waals surface area contributed by atoms with Crippen LogP contribution in [0.2, 0.25) is 0 Å². The Labute approximate surface area is 160 Å². The number of carbonyl (C=O) groups is 1. The number of amides is 1. The van der Waals surface area contributed by atoms with Crippen LogP contribution < -0.4 is 10.2 Å². The molecule has 142 valence electrons.